The lowest BCUT2D eigenvalue weighted by atomic mass is 9.95. The van der Waals surface area contributed by atoms with E-state index in [0.29, 0.717) is 73.3 Å². The number of amides is 2. The summed E-state index contributed by atoms with van der Waals surface area (Å²) in [6.45, 7) is 7.80. The second kappa shape index (κ2) is 9.38. The van der Waals surface area contributed by atoms with E-state index in [0.717, 1.165) is 11.1 Å². The van der Waals surface area contributed by atoms with Crippen molar-refractivity contribution in [2.24, 2.45) is 5.41 Å². The van der Waals surface area contributed by atoms with Gasteiger partial charge >= 0.3 is 6.03 Å². The van der Waals surface area contributed by atoms with Crippen molar-refractivity contribution in [1.29, 1.82) is 0 Å². The predicted octanol–water partition coefficient (Wildman–Crippen LogP) is 3.73. The molecule has 10 heteroatoms. The molecule has 0 radical (unpaired) electrons. The first kappa shape index (κ1) is 23.8. The molecule has 1 aliphatic carbocycles. The van der Waals surface area contributed by atoms with Gasteiger partial charge in [-0.3, -0.25) is 15.3 Å². The molecule has 3 N–H and O–H groups in total. The lowest BCUT2D eigenvalue weighted by molar-refractivity contribution is -0.226. The molecule has 1 aromatic heterocycles. The number of carbonyl (C=O) groups is 2. The lowest BCUT2D eigenvalue weighted by Crippen LogP contribution is -2.49. The van der Waals surface area contributed by atoms with Crippen LogP contribution >= 0.6 is 0 Å². The number of aromatic amines is 1. The molecule has 2 amide bonds. The van der Waals surface area contributed by atoms with Gasteiger partial charge < -0.3 is 19.5 Å². The third-order valence-corrected chi connectivity index (χ3v) is 6.78. The number of urea groups is 1. The fraction of sp³-hybridized carbons (Fsp3) is 0.370. The Morgan fingerprint density at radius 1 is 1.05 bits per heavy atom. The largest absolute Gasteiger partial charge is 0.379 e. The van der Waals surface area contributed by atoms with Gasteiger partial charge in [0.25, 0.3) is 0 Å². The van der Waals surface area contributed by atoms with Gasteiger partial charge in [0.15, 0.2) is 12.1 Å². The minimum atomic E-state index is -0.407. The number of morpholine rings is 1. The maximum Gasteiger partial charge on any atom is 0.333 e. The Morgan fingerprint density at radius 3 is 2.51 bits per heavy atom. The zero-order valence-electron chi connectivity index (χ0n) is 20.8. The van der Waals surface area contributed by atoms with E-state index in [1.54, 1.807) is 11.1 Å². The standard InChI is InChI=1S/C27H29N5O5/c1-27(2)14-36-25(37-15-27)17-8-6-16(7-9-17)22-21-23(30-29-22)18-4-3-5-19(20(18)24(21)33)28-26(34)31-32-10-12-35-13-11-32/h3-9,25H,10-15H2,1-2H3,(H,29,30)(H2,28,31,34). The van der Waals surface area contributed by atoms with E-state index in [9.17, 15) is 9.59 Å². The SMILES string of the molecule is CC1(C)COC(c2ccc(-c3n[nH]c4c3C(=O)c3c(NC(=O)NN5CCOCC5)cccc3-4)cc2)OC1. The van der Waals surface area contributed by atoms with Gasteiger partial charge in [0, 0.05) is 35.2 Å². The van der Waals surface area contributed by atoms with Gasteiger partial charge in [-0.25, -0.2) is 9.80 Å². The lowest BCUT2D eigenvalue weighted by Gasteiger charge is -2.34. The molecule has 0 saturated carbocycles. The maximum atomic E-state index is 13.6. The van der Waals surface area contributed by atoms with Crippen molar-refractivity contribution in [3.63, 3.8) is 0 Å². The topological polar surface area (TPSA) is 118 Å². The van der Waals surface area contributed by atoms with Crippen molar-refractivity contribution in [2.75, 3.05) is 44.8 Å². The van der Waals surface area contributed by atoms with Crippen molar-refractivity contribution in [3.05, 3.63) is 59.2 Å². The molecule has 3 aromatic rings. The monoisotopic (exact) mass is 503 g/mol. The number of nitrogens with zero attached hydrogens (tertiary/aromatic N) is 2. The Bertz CT molecular complexity index is 1330. The average Bonchev–Trinajstić information content (AvgIpc) is 3.45. The molecule has 2 aliphatic heterocycles. The number of fused-ring (bicyclic) bond motifs is 3. The number of benzene rings is 2. The van der Waals surface area contributed by atoms with Crippen molar-refractivity contribution >= 4 is 17.5 Å². The first-order valence-electron chi connectivity index (χ1n) is 12.4. The highest BCUT2D eigenvalue weighted by Crippen LogP contribution is 2.43. The van der Waals surface area contributed by atoms with E-state index in [4.69, 9.17) is 14.2 Å². The summed E-state index contributed by atoms with van der Waals surface area (Å²) < 4.78 is 17.1. The number of hydrogen-bond acceptors (Lipinski definition) is 7. The van der Waals surface area contributed by atoms with Crippen molar-refractivity contribution in [2.45, 2.75) is 20.1 Å². The Labute approximate surface area is 214 Å². The van der Waals surface area contributed by atoms with Gasteiger partial charge in [-0.05, 0) is 6.07 Å². The number of carbonyl (C=O) groups excluding carboxylic acids is 2. The quantitative estimate of drug-likeness (QED) is 0.388. The summed E-state index contributed by atoms with van der Waals surface area (Å²) in [6, 6.07) is 12.7. The number of ketones is 1. The highest BCUT2D eigenvalue weighted by molar-refractivity contribution is 6.26. The molecule has 10 nitrogen and oxygen atoms in total. The Balaban J connectivity index is 1.22. The number of nitrogens with one attached hydrogen (secondary N) is 3. The summed E-state index contributed by atoms with van der Waals surface area (Å²) in [4.78, 5) is 26.2. The molecule has 0 unspecified atom stereocenters. The molecule has 2 fully saturated rings. The molecule has 3 heterocycles. The van der Waals surface area contributed by atoms with E-state index in [1.807, 2.05) is 36.4 Å². The molecule has 2 saturated heterocycles. The predicted molar refractivity (Wildman–Crippen MR) is 136 cm³/mol. The van der Waals surface area contributed by atoms with Crippen LogP contribution in [0, 0.1) is 5.41 Å². The van der Waals surface area contributed by atoms with E-state index < -0.39 is 12.3 Å². The van der Waals surface area contributed by atoms with Gasteiger partial charge in [0.2, 0.25) is 0 Å². The van der Waals surface area contributed by atoms with Crippen LogP contribution in [0.3, 0.4) is 0 Å². The number of ether oxygens (including phenoxy) is 3. The summed E-state index contributed by atoms with van der Waals surface area (Å²) in [5.74, 6) is -0.179. The van der Waals surface area contributed by atoms with E-state index in [1.165, 1.54) is 0 Å². The van der Waals surface area contributed by atoms with Gasteiger partial charge in [0.05, 0.1) is 48.9 Å². The number of rotatable bonds is 4. The summed E-state index contributed by atoms with van der Waals surface area (Å²) in [6.07, 6.45) is -0.407. The van der Waals surface area contributed by atoms with E-state index in [-0.39, 0.29) is 11.2 Å². The third kappa shape index (κ3) is 4.53. The van der Waals surface area contributed by atoms with Crippen LogP contribution in [0.5, 0.6) is 0 Å². The van der Waals surface area contributed by atoms with Crippen LogP contribution in [0.4, 0.5) is 10.5 Å². The average molecular weight is 504 g/mol. The van der Waals surface area contributed by atoms with Crippen molar-refractivity contribution < 1.29 is 23.8 Å². The number of H-pyrrole nitrogens is 1. The summed E-state index contributed by atoms with van der Waals surface area (Å²) in [7, 11) is 0. The number of hydrazine groups is 1. The smallest absolute Gasteiger partial charge is 0.333 e. The van der Waals surface area contributed by atoms with Gasteiger partial charge in [-0.1, -0.05) is 50.2 Å². The molecular formula is C27H29N5O5. The van der Waals surface area contributed by atoms with Crippen molar-refractivity contribution in [1.82, 2.24) is 20.6 Å². The molecule has 0 spiro atoms. The van der Waals surface area contributed by atoms with Gasteiger partial charge in [-0.2, -0.15) is 5.10 Å². The van der Waals surface area contributed by atoms with E-state index >= 15 is 0 Å². The first-order valence-corrected chi connectivity index (χ1v) is 12.4. The van der Waals surface area contributed by atoms with Crippen LogP contribution in [0.1, 0.15) is 41.6 Å². The Morgan fingerprint density at radius 2 is 1.78 bits per heavy atom. The normalized spacial score (nSPS) is 19.4. The fourth-order valence-electron chi connectivity index (χ4n) is 4.85. The molecule has 3 aliphatic rings. The Kier molecular flexibility index (Phi) is 6.04. The zero-order valence-corrected chi connectivity index (χ0v) is 20.8. The second-order valence-corrected chi connectivity index (χ2v) is 10.3. The number of aromatic nitrogens is 2. The molecule has 37 heavy (non-hydrogen) atoms. The first-order chi connectivity index (χ1) is 17.9. The molecule has 2 aromatic carbocycles. The third-order valence-electron chi connectivity index (χ3n) is 6.78. The van der Waals surface area contributed by atoms with Crippen LogP contribution in [0.25, 0.3) is 22.5 Å². The highest BCUT2D eigenvalue weighted by Gasteiger charge is 2.35. The number of hydrogen-bond donors (Lipinski definition) is 3. The number of anilines is 1. The summed E-state index contributed by atoms with van der Waals surface area (Å²) in [5, 5.41) is 12.1. The van der Waals surface area contributed by atoms with Crippen LogP contribution in [-0.2, 0) is 14.2 Å². The molecule has 6 rings (SSSR count). The molecular weight excluding hydrogens is 474 g/mol. The fourth-order valence-corrected chi connectivity index (χ4v) is 4.85. The van der Waals surface area contributed by atoms with Crippen LogP contribution in [0.2, 0.25) is 0 Å². The Hall–Kier alpha value is -3.57. The summed E-state index contributed by atoms with van der Waals surface area (Å²) in [5.41, 5.74) is 7.87. The van der Waals surface area contributed by atoms with Crippen LogP contribution < -0.4 is 10.7 Å². The van der Waals surface area contributed by atoms with Crippen LogP contribution in [0.15, 0.2) is 42.5 Å². The van der Waals surface area contributed by atoms with Gasteiger partial charge in [0.1, 0.15) is 5.69 Å². The van der Waals surface area contributed by atoms with E-state index in [2.05, 4.69) is 34.8 Å². The maximum absolute atomic E-state index is 13.6. The minimum Gasteiger partial charge on any atom is -0.379 e. The highest BCUT2D eigenvalue weighted by atomic mass is 16.7. The van der Waals surface area contributed by atoms with Gasteiger partial charge in [-0.15, -0.1) is 0 Å². The molecule has 192 valence electrons. The summed E-state index contributed by atoms with van der Waals surface area (Å²) >= 11 is 0. The molecule has 0 atom stereocenters. The van der Waals surface area contributed by atoms with Crippen LogP contribution in [-0.4, -0.2) is 66.5 Å². The van der Waals surface area contributed by atoms with Crippen molar-refractivity contribution in [3.8, 4) is 22.5 Å². The zero-order chi connectivity index (χ0) is 25.6. The molecule has 0 bridgehead atoms. The minimum absolute atomic E-state index is 0.00169. The second-order valence-electron chi connectivity index (χ2n) is 10.3.